The molecule has 3 rings (SSSR count). The van der Waals surface area contributed by atoms with Crippen molar-refractivity contribution in [2.75, 3.05) is 13.2 Å². The van der Waals surface area contributed by atoms with Crippen molar-refractivity contribution in [3.05, 3.63) is 54.1 Å². The normalized spacial score (nSPS) is 16.8. The third-order valence-corrected chi connectivity index (χ3v) is 4.03. The molecule has 5 nitrogen and oxygen atoms in total. The van der Waals surface area contributed by atoms with Crippen molar-refractivity contribution < 1.29 is 19.0 Å². The fourth-order valence-electron chi connectivity index (χ4n) is 2.60. The molecule has 1 aliphatic heterocycles. The molecule has 0 bridgehead atoms. The van der Waals surface area contributed by atoms with E-state index in [2.05, 4.69) is 5.32 Å². The molecule has 0 radical (unpaired) electrons. The minimum Gasteiger partial charge on any atom is -0.486 e. The monoisotopic (exact) mass is 341 g/mol. The Morgan fingerprint density at radius 1 is 1.20 bits per heavy atom. The highest BCUT2D eigenvalue weighted by Crippen LogP contribution is 2.30. The van der Waals surface area contributed by atoms with Crippen LogP contribution in [0.25, 0.3) is 0 Å². The molecular weight excluding hydrogens is 318 g/mol. The summed E-state index contributed by atoms with van der Waals surface area (Å²) in [5, 5.41) is 2.90. The number of ether oxygens (including phenoxy) is 3. The SMILES string of the molecule is CC[C@H](Oc1ccc(C)cc1)C(=O)NC[C@H]1COc2ccccc2O1. The first-order valence-electron chi connectivity index (χ1n) is 8.55. The molecule has 2 atom stereocenters. The molecule has 0 fully saturated rings. The van der Waals surface area contributed by atoms with E-state index >= 15 is 0 Å². The van der Waals surface area contributed by atoms with Gasteiger partial charge in [-0.15, -0.1) is 0 Å². The first-order chi connectivity index (χ1) is 12.2. The Hall–Kier alpha value is -2.69. The summed E-state index contributed by atoms with van der Waals surface area (Å²) in [7, 11) is 0. The largest absolute Gasteiger partial charge is 0.486 e. The lowest BCUT2D eigenvalue weighted by atomic mass is 10.2. The molecule has 1 amide bonds. The fourth-order valence-corrected chi connectivity index (χ4v) is 2.60. The van der Waals surface area contributed by atoms with Crippen molar-refractivity contribution in [2.24, 2.45) is 0 Å². The Labute approximate surface area is 147 Å². The zero-order chi connectivity index (χ0) is 17.6. The molecule has 1 heterocycles. The first-order valence-corrected chi connectivity index (χ1v) is 8.55. The van der Waals surface area contributed by atoms with Crippen molar-refractivity contribution in [3.8, 4) is 17.2 Å². The standard InChI is InChI=1S/C20H23NO4/c1-3-17(24-15-10-8-14(2)9-11-15)20(22)21-12-16-13-23-18-6-4-5-7-19(18)25-16/h4-11,16-17H,3,12-13H2,1-2H3,(H,21,22)/t16-,17-/m0/s1. The van der Waals surface area contributed by atoms with Gasteiger partial charge in [-0.2, -0.15) is 0 Å². The summed E-state index contributed by atoms with van der Waals surface area (Å²) in [5.74, 6) is 1.99. The second-order valence-electron chi connectivity index (χ2n) is 6.07. The molecule has 0 saturated carbocycles. The van der Waals surface area contributed by atoms with Crippen LogP contribution in [-0.2, 0) is 4.79 Å². The first kappa shape index (κ1) is 17.1. The third kappa shape index (κ3) is 4.44. The van der Waals surface area contributed by atoms with Gasteiger partial charge in [0.2, 0.25) is 0 Å². The summed E-state index contributed by atoms with van der Waals surface area (Å²) < 4.78 is 17.3. The topological polar surface area (TPSA) is 56.8 Å². The minimum absolute atomic E-state index is 0.148. The fraction of sp³-hybridized carbons (Fsp3) is 0.350. The Morgan fingerprint density at radius 2 is 1.92 bits per heavy atom. The maximum absolute atomic E-state index is 12.4. The van der Waals surface area contributed by atoms with Gasteiger partial charge < -0.3 is 19.5 Å². The average molecular weight is 341 g/mol. The number of hydrogen-bond donors (Lipinski definition) is 1. The van der Waals surface area contributed by atoms with Gasteiger partial charge in [0.25, 0.3) is 5.91 Å². The van der Waals surface area contributed by atoms with Crippen LogP contribution in [0, 0.1) is 6.92 Å². The van der Waals surface area contributed by atoms with E-state index in [1.165, 1.54) is 0 Å². The lowest BCUT2D eigenvalue weighted by Crippen LogP contribution is -2.45. The van der Waals surface area contributed by atoms with E-state index in [4.69, 9.17) is 14.2 Å². The Bertz CT molecular complexity index is 714. The van der Waals surface area contributed by atoms with Crippen molar-refractivity contribution in [2.45, 2.75) is 32.5 Å². The van der Waals surface area contributed by atoms with Crippen LogP contribution < -0.4 is 19.5 Å². The van der Waals surface area contributed by atoms with Crippen LogP contribution in [0.5, 0.6) is 17.2 Å². The van der Waals surface area contributed by atoms with Gasteiger partial charge in [0.15, 0.2) is 17.6 Å². The molecule has 0 saturated heterocycles. The number of aryl methyl sites for hydroxylation is 1. The maximum atomic E-state index is 12.4. The molecule has 1 aliphatic rings. The van der Waals surface area contributed by atoms with Gasteiger partial charge in [-0.3, -0.25) is 4.79 Å². The van der Waals surface area contributed by atoms with E-state index in [1.54, 1.807) is 0 Å². The summed E-state index contributed by atoms with van der Waals surface area (Å²) in [6.45, 7) is 4.72. The number of fused-ring (bicyclic) bond motifs is 1. The molecule has 132 valence electrons. The number of amides is 1. The van der Waals surface area contributed by atoms with Crippen molar-refractivity contribution in [3.63, 3.8) is 0 Å². The van der Waals surface area contributed by atoms with E-state index in [-0.39, 0.29) is 12.0 Å². The minimum atomic E-state index is -0.528. The van der Waals surface area contributed by atoms with E-state index in [0.717, 1.165) is 11.3 Å². The molecule has 0 unspecified atom stereocenters. The second-order valence-corrected chi connectivity index (χ2v) is 6.07. The predicted molar refractivity (Wildman–Crippen MR) is 95.2 cm³/mol. The van der Waals surface area contributed by atoms with Crippen LogP contribution >= 0.6 is 0 Å². The molecule has 0 aromatic heterocycles. The summed E-state index contributed by atoms with van der Waals surface area (Å²) in [6.07, 6.45) is -0.153. The lowest BCUT2D eigenvalue weighted by molar-refractivity contribution is -0.128. The average Bonchev–Trinajstić information content (AvgIpc) is 2.65. The number of nitrogens with one attached hydrogen (secondary N) is 1. The van der Waals surface area contributed by atoms with Crippen LogP contribution in [0.1, 0.15) is 18.9 Å². The Kier molecular flexibility index (Phi) is 5.43. The molecular formula is C20H23NO4. The number of hydrogen-bond acceptors (Lipinski definition) is 4. The lowest BCUT2D eigenvalue weighted by Gasteiger charge is -2.27. The van der Waals surface area contributed by atoms with Crippen LogP contribution in [-0.4, -0.2) is 31.3 Å². The number of carbonyl (C=O) groups excluding carboxylic acids is 1. The number of para-hydroxylation sites is 2. The molecule has 0 spiro atoms. The van der Waals surface area contributed by atoms with Crippen molar-refractivity contribution >= 4 is 5.91 Å². The van der Waals surface area contributed by atoms with Crippen LogP contribution in [0.2, 0.25) is 0 Å². The molecule has 2 aromatic rings. The summed E-state index contributed by atoms with van der Waals surface area (Å²) >= 11 is 0. The van der Waals surface area contributed by atoms with E-state index in [1.807, 2.05) is 62.4 Å². The molecule has 2 aromatic carbocycles. The highest BCUT2D eigenvalue weighted by atomic mass is 16.6. The van der Waals surface area contributed by atoms with Crippen LogP contribution in [0.4, 0.5) is 0 Å². The second kappa shape index (κ2) is 7.92. The maximum Gasteiger partial charge on any atom is 0.261 e. The van der Waals surface area contributed by atoms with E-state index in [0.29, 0.717) is 31.1 Å². The Balaban J connectivity index is 1.52. The van der Waals surface area contributed by atoms with Gasteiger partial charge >= 0.3 is 0 Å². The predicted octanol–water partition coefficient (Wildman–Crippen LogP) is 3.11. The van der Waals surface area contributed by atoms with Gasteiger partial charge in [0, 0.05) is 0 Å². The van der Waals surface area contributed by atoms with Crippen LogP contribution in [0.15, 0.2) is 48.5 Å². The molecule has 1 N–H and O–H groups in total. The molecule has 25 heavy (non-hydrogen) atoms. The molecule has 0 aliphatic carbocycles. The van der Waals surface area contributed by atoms with Gasteiger partial charge in [-0.05, 0) is 37.6 Å². The van der Waals surface area contributed by atoms with Gasteiger partial charge in [-0.25, -0.2) is 0 Å². The highest BCUT2D eigenvalue weighted by molar-refractivity contribution is 5.81. The number of carbonyl (C=O) groups is 1. The van der Waals surface area contributed by atoms with Gasteiger partial charge in [-0.1, -0.05) is 36.8 Å². The Morgan fingerprint density at radius 3 is 2.64 bits per heavy atom. The van der Waals surface area contributed by atoms with Crippen molar-refractivity contribution in [1.29, 1.82) is 0 Å². The zero-order valence-corrected chi connectivity index (χ0v) is 14.5. The van der Waals surface area contributed by atoms with Crippen LogP contribution in [0.3, 0.4) is 0 Å². The quantitative estimate of drug-likeness (QED) is 0.877. The zero-order valence-electron chi connectivity index (χ0n) is 14.5. The molecule has 5 heteroatoms. The summed E-state index contributed by atoms with van der Waals surface area (Å²) in [5.41, 5.74) is 1.15. The highest BCUT2D eigenvalue weighted by Gasteiger charge is 2.23. The third-order valence-electron chi connectivity index (χ3n) is 4.03. The van der Waals surface area contributed by atoms with E-state index in [9.17, 15) is 4.79 Å². The van der Waals surface area contributed by atoms with Gasteiger partial charge in [0.05, 0.1) is 6.54 Å². The summed E-state index contributed by atoms with van der Waals surface area (Å²) in [4.78, 5) is 12.4. The number of rotatable bonds is 6. The van der Waals surface area contributed by atoms with Crippen molar-refractivity contribution in [1.82, 2.24) is 5.32 Å². The summed E-state index contributed by atoms with van der Waals surface area (Å²) in [6, 6.07) is 15.2. The smallest absolute Gasteiger partial charge is 0.261 e. The van der Waals surface area contributed by atoms with E-state index < -0.39 is 6.10 Å². The van der Waals surface area contributed by atoms with Gasteiger partial charge in [0.1, 0.15) is 18.5 Å². The number of benzene rings is 2.